The van der Waals surface area contributed by atoms with Crippen molar-refractivity contribution >= 4 is 41.7 Å². The van der Waals surface area contributed by atoms with Gasteiger partial charge in [0.2, 0.25) is 5.76 Å². The van der Waals surface area contributed by atoms with E-state index in [1.807, 2.05) is 0 Å². The number of nitrogens with zero attached hydrogens (tertiary/aromatic N) is 3. The van der Waals surface area contributed by atoms with Crippen molar-refractivity contribution in [2.45, 2.75) is 5.75 Å². The number of allylic oxidation sites excluding steroid dienone is 1. The molecule has 1 atom stereocenters. The summed E-state index contributed by atoms with van der Waals surface area (Å²) in [5, 5.41) is 0. The molecule has 0 aromatic carbocycles. The molecule has 0 saturated carbocycles. The van der Waals surface area contributed by atoms with E-state index in [0.717, 1.165) is 9.81 Å². The molecular weight excluding hydrogens is 346 g/mol. The lowest BCUT2D eigenvalue weighted by atomic mass is 10.0. The summed E-state index contributed by atoms with van der Waals surface area (Å²) >= 11 is 1.40. The fourth-order valence-corrected chi connectivity index (χ4v) is 3.55. The second-order valence-corrected chi connectivity index (χ2v) is 6.47. The maximum Gasteiger partial charge on any atom is 0.445 e. The molecule has 1 unspecified atom stereocenters. The first-order valence-corrected chi connectivity index (χ1v) is 8.38. The lowest BCUT2D eigenvalue weighted by Gasteiger charge is -2.26. The van der Waals surface area contributed by atoms with Crippen LogP contribution in [-0.2, 0) is 15.3 Å². The van der Waals surface area contributed by atoms with Crippen LogP contribution in [0.2, 0.25) is 0 Å². The molecule has 0 aliphatic carbocycles. The highest BCUT2D eigenvalue weighted by molar-refractivity contribution is 8.02. The van der Waals surface area contributed by atoms with Gasteiger partial charge >= 0.3 is 17.9 Å². The zero-order valence-corrected chi connectivity index (χ0v) is 14.7. The summed E-state index contributed by atoms with van der Waals surface area (Å²) in [6.07, 6.45) is 3.32. The van der Waals surface area contributed by atoms with Gasteiger partial charge in [-0.15, -0.1) is 16.8 Å². The molecule has 1 aromatic rings. The number of amidine groups is 1. The van der Waals surface area contributed by atoms with E-state index in [0.29, 0.717) is 17.3 Å². The quantitative estimate of drug-likeness (QED) is 0.596. The maximum absolute atomic E-state index is 12.5. The minimum Gasteiger partial charge on any atom is -0.463 e. The van der Waals surface area contributed by atoms with Crippen LogP contribution >= 0.6 is 11.8 Å². The van der Waals surface area contributed by atoms with Gasteiger partial charge in [-0.05, 0) is 18.2 Å². The highest BCUT2D eigenvalue weighted by atomic mass is 32.2. The molecule has 3 amide bonds. The third-order valence-corrected chi connectivity index (χ3v) is 5.05. The molecule has 3 heterocycles. The van der Waals surface area contributed by atoms with Crippen molar-refractivity contribution < 1.29 is 28.1 Å². The lowest BCUT2D eigenvalue weighted by molar-refractivity contribution is -0.407. The third-order valence-electron chi connectivity index (χ3n) is 3.91. The Morgan fingerprint density at radius 1 is 1.44 bits per heavy atom. The molecule has 0 fully saturated rings. The van der Waals surface area contributed by atoms with Crippen molar-refractivity contribution in [2.24, 2.45) is 10.9 Å². The molecule has 1 aromatic heterocycles. The van der Waals surface area contributed by atoms with Crippen LogP contribution in [0.1, 0.15) is 16.3 Å². The van der Waals surface area contributed by atoms with Crippen molar-refractivity contribution in [1.82, 2.24) is 4.90 Å². The molecule has 2 aliphatic rings. The van der Waals surface area contributed by atoms with Gasteiger partial charge in [-0.25, -0.2) is 9.59 Å². The minimum absolute atomic E-state index is 0.128. The minimum atomic E-state index is -0.613. The lowest BCUT2D eigenvalue weighted by Crippen LogP contribution is -2.52. The topological polar surface area (TPSA) is 92.2 Å². The van der Waals surface area contributed by atoms with Gasteiger partial charge in [0.05, 0.1) is 27.0 Å². The zero-order chi connectivity index (χ0) is 18.1. The summed E-state index contributed by atoms with van der Waals surface area (Å²) < 4.78 is 11.4. The zero-order valence-electron chi connectivity index (χ0n) is 13.9. The smallest absolute Gasteiger partial charge is 0.445 e. The van der Waals surface area contributed by atoms with Crippen LogP contribution in [0.15, 0.2) is 32.5 Å². The first-order valence-electron chi connectivity index (χ1n) is 7.40. The van der Waals surface area contributed by atoms with Crippen LogP contribution in [0.4, 0.5) is 4.79 Å². The number of hydrogen-bond donors (Lipinski definition) is 0. The average molecular weight is 362 g/mol. The molecule has 0 radical (unpaired) electrons. The van der Waals surface area contributed by atoms with E-state index in [9.17, 15) is 14.4 Å². The molecule has 25 heavy (non-hydrogen) atoms. The van der Waals surface area contributed by atoms with Crippen molar-refractivity contribution in [3.63, 3.8) is 0 Å². The van der Waals surface area contributed by atoms with Gasteiger partial charge in [-0.3, -0.25) is 4.79 Å². The van der Waals surface area contributed by atoms with Crippen LogP contribution in [-0.4, -0.2) is 60.6 Å². The number of imide groups is 1. The van der Waals surface area contributed by atoms with Crippen molar-refractivity contribution in [2.75, 3.05) is 21.2 Å². The number of rotatable bonds is 4. The summed E-state index contributed by atoms with van der Waals surface area (Å²) in [5.74, 6) is 0.0727. The fraction of sp³-hybridized carbons (Fsp3) is 0.312. The molecule has 9 heteroatoms. The first-order chi connectivity index (χ1) is 11.9. The maximum atomic E-state index is 12.5. The molecule has 0 saturated heterocycles. The van der Waals surface area contributed by atoms with Crippen molar-refractivity contribution in [1.29, 1.82) is 0 Å². The number of carbonyl (C=O) groups is 3. The molecule has 130 valence electrons. The van der Waals surface area contributed by atoms with E-state index < -0.39 is 17.9 Å². The van der Waals surface area contributed by atoms with Gasteiger partial charge in [0, 0.05) is 4.91 Å². The van der Waals surface area contributed by atoms with Gasteiger partial charge in [0.25, 0.3) is 5.84 Å². The molecule has 0 N–H and O–H groups in total. The van der Waals surface area contributed by atoms with Crippen LogP contribution in [0.3, 0.4) is 0 Å². The highest BCUT2D eigenvalue weighted by Crippen LogP contribution is 2.33. The SMILES string of the molecule is COC(=O)c1ccc(CSC2=CC=NC3=[N+](C)C(=O)N(C)C(=O)C23)o1. The third kappa shape index (κ3) is 3.02. The molecule has 8 nitrogen and oxygen atoms in total. The summed E-state index contributed by atoms with van der Waals surface area (Å²) in [6.45, 7) is 0. The van der Waals surface area contributed by atoms with Gasteiger partial charge in [-0.1, -0.05) is 0 Å². The number of amides is 3. The summed E-state index contributed by atoms with van der Waals surface area (Å²) in [4.78, 5) is 42.0. The molecule has 0 bridgehead atoms. The second kappa shape index (κ2) is 6.67. The monoisotopic (exact) mass is 362 g/mol. The number of dihydropyridines is 1. The van der Waals surface area contributed by atoms with E-state index in [-0.39, 0.29) is 11.7 Å². The van der Waals surface area contributed by atoms with Crippen LogP contribution in [0.25, 0.3) is 0 Å². The van der Waals surface area contributed by atoms with E-state index in [2.05, 4.69) is 9.73 Å². The standard InChI is InChI=1S/C16H16N3O5S/c1-18-13-12(14(20)19(2)16(18)22)11(6-7-17-13)25-8-9-4-5-10(24-9)15(21)23-3/h4-7,12H,8H2,1-3H3/q+1. The highest BCUT2D eigenvalue weighted by Gasteiger charge is 2.46. The Morgan fingerprint density at radius 2 is 2.20 bits per heavy atom. The normalized spacial score (nSPS) is 19.9. The Bertz CT molecular complexity index is 852. The van der Waals surface area contributed by atoms with Crippen LogP contribution < -0.4 is 0 Å². The summed E-state index contributed by atoms with van der Waals surface area (Å²) in [5.41, 5.74) is 0. The Hall–Kier alpha value is -2.68. The largest absolute Gasteiger partial charge is 0.463 e. The number of thioether (sulfide) groups is 1. The predicted molar refractivity (Wildman–Crippen MR) is 90.8 cm³/mol. The number of methoxy groups -OCH3 is 1. The number of aliphatic imine (C=N–C) groups is 1. The van der Waals surface area contributed by atoms with E-state index in [1.165, 1.54) is 30.5 Å². The number of esters is 1. The molecular formula is C16H16N3O5S+. The number of furan rings is 1. The Balaban J connectivity index is 1.79. The van der Waals surface area contributed by atoms with Crippen molar-refractivity contribution in [3.05, 3.63) is 34.6 Å². The van der Waals surface area contributed by atoms with E-state index >= 15 is 0 Å². The van der Waals surface area contributed by atoms with Crippen molar-refractivity contribution in [3.8, 4) is 0 Å². The molecule has 0 spiro atoms. The Morgan fingerprint density at radius 3 is 2.92 bits per heavy atom. The number of hydrogen-bond acceptors (Lipinski definition) is 7. The fourth-order valence-electron chi connectivity index (χ4n) is 2.56. The molecule has 2 aliphatic heterocycles. The second-order valence-electron chi connectivity index (χ2n) is 5.42. The summed E-state index contributed by atoms with van der Waals surface area (Å²) in [6, 6.07) is 2.82. The van der Waals surface area contributed by atoms with Crippen LogP contribution in [0, 0.1) is 5.92 Å². The summed E-state index contributed by atoms with van der Waals surface area (Å²) in [7, 11) is 4.33. The van der Waals surface area contributed by atoms with Crippen LogP contribution in [0.5, 0.6) is 0 Å². The van der Waals surface area contributed by atoms with E-state index in [4.69, 9.17) is 4.42 Å². The van der Waals surface area contributed by atoms with Gasteiger partial charge in [-0.2, -0.15) is 9.48 Å². The number of urea groups is 1. The van der Waals surface area contributed by atoms with Gasteiger partial charge < -0.3 is 9.15 Å². The number of ether oxygens (including phenoxy) is 1. The van der Waals surface area contributed by atoms with Gasteiger partial charge in [0.15, 0.2) is 5.92 Å². The Kier molecular flexibility index (Phi) is 4.58. The average Bonchev–Trinajstić information content (AvgIpc) is 3.10. The Labute approximate surface area is 147 Å². The predicted octanol–water partition coefficient (Wildman–Crippen LogP) is 1.52. The van der Waals surface area contributed by atoms with Gasteiger partial charge in [0.1, 0.15) is 12.0 Å². The number of carbonyl (C=O) groups excluding carboxylic acids is 3. The molecule has 3 rings (SSSR count). The first kappa shape index (κ1) is 17.2. The van der Waals surface area contributed by atoms with E-state index in [1.54, 1.807) is 31.5 Å². The number of fused-ring (bicyclic) bond motifs is 1.